The molecule has 0 aromatic rings. The molecule has 2 aliphatic carbocycles. The van der Waals surface area contributed by atoms with E-state index in [1.54, 1.807) is 0 Å². The van der Waals surface area contributed by atoms with Crippen LogP contribution in [-0.2, 0) is 0 Å². The second-order valence-corrected chi connectivity index (χ2v) is 7.55. The molecule has 2 rings (SSSR count). The van der Waals surface area contributed by atoms with E-state index in [0.717, 1.165) is 19.0 Å². The van der Waals surface area contributed by atoms with Crippen molar-refractivity contribution in [3.63, 3.8) is 0 Å². The maximum atomic E-state index is 6.44. The minimum Gasteiger partial charge on any atom is -0.324 e. The van der Waals surface area contributed by atoms with Gasteiger partial charge in [-0.05, 0) is 36.1 Å². The third-order valence-electron chi connectivity index (χ3n) is 5.99. The molecule has 0 atom stereocenters. The van der Waals surface area contributed by atoms with Crippen LogP contribution in [0.3, 0.4) is 0 Å². The predicted molar refractivity (Wildman–Crippen MR) is 73.9 cm³/mol. The Morgan fingerprint density at radius 2 is 1.53 bits per heavy atom. The highest BCUT2D eigenvalue weighted by Gasteiger charge is 2.63. The molecule has 0 amide bonds. The van der Waals surface area contributed by atoms with E-state index in [1.165, 1.54) is 32.1 Å². The molecular formula is C15H30N2. The first-order chi connectivity index (χ1) is 7.80. The van der Waals surface area contributed by atoms with Gasteiger partial charge in [0.15, 0.2) is 0 Å². The van der Waals surface area contributed by atoms with E-state index in [0.29, 0.717) is 10.8 Å². The lowest BCUT2D eigenvalue weighted by atomic mass is 9.82. The van der Waals surface area contributed by atoms with Crippen LogP contribution in [0.25, 0.3) is 0 Å². The molecule has 100 valence electrons. The molecule has 3 N–H and O–H groups in total. The van der Waals surface area contributed by atoms with Crippen molar-refractivity contribution >= 4 is 0 Å². The Morgan fingerprint density at radius 3 is 2.00 bits per heavy atom. The fraction of sp³-hybridized carbons (Fsp3) is 1.00. The fourth-order valence-electron chi connectivity index (χ4n) is 3.74. The van der Waals surface area contributed by atoms with E-state index in [-0.39, 0.29) is 5.54 Å². The van der Waals surface area contributed by atoms with Crippen molar-refractivity contribution in [1.82, 2.24) is 5.32 Å². The van der Waals surface area contributed by atoms with Crippen LogP contribution < -0.4 is 11.1 Å². The SMILES string of the molecule is CC1(C)C(CNCC2(N)CCCCC2)C1(C)C. The third-order valence-corrected chi connectivity index (χ3v) is 5.99. The van der Waals surface area contributed by atoms with Crippen molar-refractivity contribution in [1.29, 1.82) is 0 Å². The van der Waals surface area contributed by atoms with Gasteiger partial charge in [0.1, 0.15) is 0 Å². The molecule has 0 saturated heterocycles. The van der Waals surface area contributed by atoms with Crippen molar-refractivity contribution < 1.29 is 0 Å². The third kappa shape index (κ3) is 2.39. The monoisotopic (exact) mass is 238 g/mol. The van der Waals surface area contributed by atoms with Crippen molar-refractivity contribution in [2.75, 3.05) is 13.1 Å². The van der Waals surface area contributed by atoms with Crippen LogP contribution in [0.1, 0.15) is 59.8 Å². The zero-order valence-corrected chi connectivity index (χ0v) is 12.1. The molecule has 17 heavy (non-hydrogen) atoms. The number of hydrogen-bond donors (Lipinski definition) is 2. The molecule has 2 aliphatic rings. The molecule has 0 aromatic heterocycles. The first-order valence-electron chi connectivity index (χ1n) is 7.29. The summed E-state index contributed by atoms with van der Waals surface area (Å²) in [5.74, 6) is 0.808. The summed E-state index contributed by atoms with van der Waals surface area (Å²) in [6, 6.07) is 0. The topological polar surface area (TPSA) is 38.0 Å². The lowest BCUT2D eigenvalue weighted by Gasteiger charge is -2.33. The number of nitrogens with one attached hydrogen (secondary N) is 1. The van der Waals surface area contributed by atoms with Gasteiger partial charge in [0.05, 0.1) is 0 Å². The molecule has 0 radical (unpaired) electrons. The normalized spacial score (nSPS) is 30.2. The Bertz CT molecular complexity index is 261. The molecule has 0 aromatic carbocycles. The van der Waals surface area contributed by atoms with Crippen LogP contribution in [0.2, 0.25) is 0 Å². The Kier molecular flexibility index (Phi) is 3.33. The predicted octanol–water partition coefficient (Wildman–Crippen LogP) is 2.92. The van der Waals surface area contributed by atoms with Crippen LogP contribution in [-0.4, -0.2) is 18.6 Å². The second-order valence-electron chi connectivity index (χ2n) is 7.55. The fourth-order valence-corrected chi connectivity index (χ4v) is 3.74. The first kappa shape index (κ1) is 13.4. The Labute approximate surface area is 107 Å². The van der Waals surface area contributed by atoms with Crippen LogP contribution in [0, 0.1) is 16.7 Å². The van der Waals surface area contributed by atoms with Crippen molar-refractivity contribution in [3.8, 4) is 0 Å². The molecular weight excluding hydrogens is 208 g/mol. The van der Waals surface area contributed by atoms with Gasteiger partial charge in [-0.2, -0.15) is 0 Å². The summed E-state index contributed by atoms with van der Waals surface area (Å²) >= 11 is 0. The molecule has 0 aliphatic heterocycles. The molecule has 2 heteroatoms. The Hall–Kier alpha value is -0.0800. The van der Waals surface area contributed by atoms with Gasteiger partial charge in [-0.1, -0.05) is 47.0 Å². The Morgan fingerprint density at radius 1 is 1.00 bits per heavy atom. The standard InChI is InChI=1S/C15H30N2/c1-13(2)12(14(13,3)4)10-17-11-15(16)8-6-5-7-9-15/h12,17H,5-11,16H2,1-4H3. The maximum Gasteiger partial charge on any atom is 0.0280 e. The van der Waals surface area contributed by atoms with Crippen molar-refractivity contribution in [2.45, 2.75) is 65.3 Å². The minimum atomic E-state index is 0.0847. The van der Waals surface area contributed by atoms with E-state index >= 15 is 0 Å². The van der Waals surface area contributed by atoms with E-state index < -0.39 is 0 Å². The van der Waals surface area contributed by atoms with Gasteiger partial charge in [-0.15, -0.1) is 0 Å². The van der Waals surface area contributed by atoms with E-state index in [4.69, 9.17) is 5.73 Å². The van der Waals surface area contributed by atoms with Crippen LogP contribution in [0.4, 0.5) is 0 Å². The highest BCUT2D eigenvalue weighted by molar-refractivity contribution is 5.13. The summed E-state index contributed by atoms with van der Waals surface area (Å²) in [5.41, 5.74) is 7.51. The number of rotatable bonds is 4. The van der Waals surface area contributed by atoms with Gasteiger partial charge in [0.25, 0.3) is 0 Å². The van der Waals surface area contributed by atoms with E-state index in [1.807, 2.05) is 0 Å². The zero-order chi connectivity index (χ0) is 12.7. The van der Waals surface area contributed by atoms with Gasteiger partial charge < -0.3 is 11.1 Å². The van der Waals surface area contributed by atoms with E-state index in [2.05, 4.69) is 33.0 Å². The van der Waals surface area contributed by atoms with Gasteiger partial charge in [0, 0.05) is 12.1 Å². The summed E-state index contributed by atoms with van der Waals surface area (Å²) in [6.07, 6.45) is 6.42. The maximum absolute atomic E-state index is 6.44. The lowest BCUT2D eigenvalue weighted by molar-refractivity contribution is 0.280. The highest BCUT2D eigenvalue weighted by atomic mass is 15.0. The van der Waals surface area contributed by atoms with Gasteiger partial charge in [-0.25, -0.2) is 0 Å². The summed E-state index contributed by atoms with van der Waals surface area (Å²) < 4.78 is 0. The average molecular weight is 238 g/mol. The Balaban J connectivity index is 1.74. The first-order valence-corrected chi connectivity index (χ1v) is 7.29. The molecule has 0 bridgehead atoms. The van der Waals surface area contributed by atoms with Crippen molar-refractivity contribution in [2.24, 2.45) is 22.5 Å². The molecule has 0 spiro atoms. The van der Waals surface area contributed by atoms with Gasteiger partial charge in [-0.3, -0.25) is 0 Å². The zero-order valence-electron chi connectivity index (χ0n) is 12.1. The number of hydrogen-bond acceptors (Lipinski definition) is 2. The molecule has 0 unspecified atom stereocenters. The summed E-state index contributed by atoms with van der Waals surface area (Å²) in [7, 11) is 0. The summed E-state index contributed by atoms with van der Waals surface area (Å²) in [5, 5.41) is 3.64. The molecule has 0 heterocycles. The molecule has 2 nitrogen and oxygen atoms in total. The number of nitrogens with two attached hydrogens (primary N) is 1. The second kappa shape index (κ2) is 4.24. The highest BCUT2D eigenvalue weighted by Crippen LogP contribution is 2.67. The van der Waals surface area contributed by atoms with Crippen LogP contribution >= 0.6 is 0 Å². The largest absolute Gasteiger partial charge is 0.324 e. The van der Waals surface area contributed by atoms with Crippen molar-refractivity contribution in [3.05, 3.63) is 0 Å². The van der Waals surface area contributed by atoms with Crippen LogP contribution in [0.5, 0.6) is 0 Å². The van der Waals surface area contributed by atoms with Gasteiger partial charge in [0.2, 0.25) is 0 Å². The summed E-state index contributed by atoms with van der Waals surface area (Å²) in [6.45, 7) is 11.7. The molecule has 2 fully saturated rings. The van der Waals surface area contributed by atoms with Crippen LogP contribution in [0.15, 0.2) is 0 Å². The average Bonchev–Trinajstić information content (AvgIpc) is 2.61. The summed E-state index contributed by atoms with van der Waals surface area (Å²) in [4.78, 5) is 0. The quantitative estimate of drug-likeness (QED) is 0.790. The lowest BCUT2D eigenvalue weighted by Crippen LogP contribution is -2.50. The minimum absolute atomic E-state index is 0.0847. The van der Waals surface area contributed by atoms with Gasteiger partial charge >= 0.3 is 0 Å². The van der Waals surface area contributed by atoms with E-state index in [9.17, 15) is 0 Å². The molecule has 2 saturated carbocycles. The smallest absolute Gasteiger partial charge is 0.0280 e.